The van der Waals surface area contributed by atoms with Gasteiger partial charge in [-0.05, 0) is 26.0 Å². The third-order valence-electron chi connectivity index (χ3n) is 2.22. The molecule has 1 aromatic rings. The maximum Gasteiger partial charge on any atom is 0.318 e. The Morgan fingerprint density at radius 2 is 2.06 bits per heavy atom. The molecular weight excluding hydrogens is 244 g/mol. The third-order valence-corrected chi connectivity index (χ3v) is 2.22. The van der Waals surface area contributed by atoms with Gasteiger partial charge in [-0.15, -0.1) is 0 Å². The van der Waals surface area contributed by atoms with Crippen molar-refractivity contribution in [3.63, 3.8) is 0 Å². The first-order valence-electron chi connectivity index (χ1n) is 5.38. The number of rotatable bonds is 4. The van der Waals surface area contributed by atoms with Crippen molar-refractivity contribution in [2.45, 2.75) is 13.8 Å². The third kappa shape index (κ3) is 3.51. The zero-order valence-corrected chi connectivity index (χ0v) is 10.00. The van der Waals surface area contributed by atoms with Crippen molar-refractivity contribution < 1.29 is 23.1 Å². The highest BCUT2D eigenvalue weighted by Gasteiger charge is 2.23. The zero-order valence-electron chi connectivity index (χ0n) is 10.00. The highest BCUT2D eigenvalue weighted by atomic mass is 19.1. The van der Waals surface area contributed by atoms with E-state index in [0.29, 0.717) is 6.07 Å². The minimum atomic E-state index is -1.06. The van der Waals surface area contributed by atoms with Crippen LogP contribution in [0, 0.1) is 17.6 Å². The number of amides is 1. The van der Waals surface area contributed by atoms with Gasteiger partial charge in [0.2, 0.25) is 5.91 Å². The highest BCUT2D eigenvalue weighted by molar-refractivity contribution is 6.04. The largest absolute Gasteiger partial charge is 0.465 e. The molecule has 0 aliphatic heterocycles. The van der Waals surface area contributed by atoms with E-state index >= 15 is 0 Å². The van der Waals surface area contributed by atoms with Crippen LogP contribution in [-0.2, 0) is 14.3 Å². The van der Waals surface area contributed by atoms with Gasteiger partial charge in [-0.3, -0.25) is 9.59 Å². The van der Waals surface area contributed by atoms with Crippen LogP contribution in [0.3, 0.4) is 0 Å². The molecule has 0 bridgehead atoms. The lowest BCUT2D eigenvalue weighted by Crippen LogP contribution is -2.29. The molecule has 0 spiro atoms. The van der Waals surface area contributed by atoms with E-state index in [1.165, 1.54) is 6.92 Å². The van der Waals surface area contributed by atoms with Gasteiger partial charge >= 0.3 is 5.97 Å². The van der Waals surface area contributed by atoms with Crippen molar-refractivity contribution in [3.8, 4) is 0 Å². The molecule has 1 unspecified atom stereocenters. The molecule has 1 atom stereocenters. The van der Waals surface area contributed by atoms with Crippen LogP contribution in [0.1, 0.15) is 13.8 Å². The van der Waals surface area contributed by atoms with Crippen LogP contribution >= 0.6 is 0 Å². The number of hydrogen-bond acceptors (Lipinski definition) is 3. The van der Waals surface area contributed by atoms with Crippen LogP contribution in [0.2, 0.25) is 0 Å². The van der Waals surface area contributed by atoms with Crippen LogP contribution in [0.15, 0.2) is 18.2 Å². The average molecular weight is 257 g/mol. The molecule has 1 aromatic carbocycles. The normalized spacial score (nSPS) is 11.8. The van der Waals surface area contributed by atoms with E-state index in [1.54, 1.807) is 6.92 Å². The Labute approximate surface area is 103 Å². The van der Waals surface area contributed by atoms with Crippen LogP contribution in [0.25, 0.3) is 0 Å². The topological polar surface area (TPSA) is 55.4 Å². The number of esters is 1. The minimum absolute atomic E-state index is 0.154. The number of nitrogens with one attached hydrogen (secondary N) is 1. The molecule has 0 aliphatic rings. The summed E-state index contributed by atoms with van der Waals surface area (Å²) in [5, 5.41) is 2.20. The van der Waals surface area contributed by atoms with Crippen LogP contribution in [-0.4, -0.2) is 18.5 Å². The molecule has 6 heteroatoms. The second-order valence-corrected chi connectivity index (χ2v) is 3.59. The first-order valence-corrected chi connectivity index (χ1v) is 5.38. The summed E-state index contributed by atoms with van der Waals surface area (Å²) in [6, 6.07) is 2.73. The van der Waals surface area contributed by atoms with Gasteiger partial charge in [0.15, 0.2) is 0 Å². The van der Waals surface area contributed by atoms with E-state index in [9.17, 15) is 18.4 Å². The Hall–Kier alpha value is -1.98. The van der Waals surface area contributed by atoms with Crippen molar-refractivity contribution >= 4 is 17.6 Å². The Kier molecular flexibility index (Phi) is 4.76. The average Bonchev–Trinajstić information content (AvgIpc) is 2.32. The van der Waals surface area contributed by atoms with Crippen molar-refractivity contribution in [1.82, 2.24) is 0 Å². The summed E-state index contributed by atoms with van der Waals surface area (Å²) in [5.41, 5.74) is -0.183. The number of carbonyl (C=O) groups excluding carboxylic acids is 2. The minimum Gasteiger partial charge on any atom is -0.465 e. The van der Waals surface area contributed by atoms with Crippen molar-refractivity contribution in [3.05, 3.63) is 29.8 Å². The van der Waals surface area contributed by atoms with Gasteiger partial charge in [0.25, 0.3) is 0 Å². The standard InChI is InChI=1S/C12H13F2NO3/c1-3-18-12(17)7(2)11(16)15-10-5-4-8(13)6-9(10)14/h4-7H,3H2,1-2H3,(H,15,16). The van der Waals surface area contributed by atoms with E-state index in [0.717, 1.165) is 12.1 Å². The molecule has 0 fully saturated rings. The van der Waals surface area contributed by atoms with E-state index in [-0.39, 0.29) is 12.3 Å². The predicted molar refractivity (Wildman–Crippen MR) is 60.8 cm³/mol. The van der Waals surface area contributed by atoms with Crippen LogP contribution in [0.5, 0.6) is 0 Å². The fraction of sp³-hybridized carbons (Fsp3) is 0.333. The molecule has 0 radical (unpaired) electrons. The summed E-state index contributed by atoms with van der Waals surface area (Å²) in [6.07, 6.45) is 0. The van der Waals surface area contributed by atoms with Crippen molar-refractivity contribution in [1.29, 1.82) is 0 Å². The molecule has 0 saturated carbocycles. The Morgan fingerprint density at radius 3 is 2.61 bits per heavy atom. The molecule has 0 heterocycles. The molecule has 1 N–H and O–H groups in total. The quantitative estimate of drug-likeness (QED) is 0.664. The van der Waals surface area contributed by atoms with Gasteiger partial charge in [-0.1, -0.05) is 0 Å². The first-order chi connectivity index (χ1) is 8.45. The van der Waals surface area contributed by atoms with Gasteiger partial charge < -0.3 is 10.1 Å². The number of carbonyl (C=O) groups is 2. The maximum atomic E-state index is 13.3. The smallest absolute Gasteiger partial charge is 0.318 e. The van der Waals surface area contributed by atoms with Crippen molar-refractivity contribution in [2.24, 2.45) is 5.92 Å². The summed E-state index contributed by atoms with van der Waals surface area (Å²) in [5.74, 6) is -4.12. The molecule has 0 aliphatic carbocycles. The second-order valence-electron chi connectivity index (χ2n) is 3.59. The molecule has 1 rings (SSSR count). The lowest BCUT2D eigenvalue weighted by Gasteiger charge is -2.11. The van der Waals surface area contributed by atoms with E-state index in [4.69, 9.17) is 0 Å². The molecule has 4 nitrogen and oxygen atoms in total. The van der Waals surface area contributed by atoms with Gasteiger partial charge in [-0.25, -0.2) is 8.78 Å². The fourth-order valence-corrected chi connectivity index (χ4v) is 1.21. The first kappa shape index (κ1) is 14.1. The summed E-state index contributed by atoms with van der Waals surface area (Å²) in [7, 11) is 0. The van der Waals surface area contributed by atoms with E-state index < -0.39 is 29.4 Å². The van der Waals surface area contributed by atoms with Gasteiger partial charge in [0.1, 0.15) is 17.6 Å². The Morgan fingerprint density at radius 1 is 1.39 bits per heavy atom. The number of halogens is 2. The number of hydrogen-bond donors (Lipinski definition) is 1. The lowest BCUT2D eigenvalue weighted by atomic mass is 10.1. The summed E-state index contributed by atoms with van der Waals surface area (Å²) < 4.78 is 30.6. The molecular formula is C12H13F2NO3. The molecule has 1 amide bonds. The van der Waals surface area contributed by atoms with Gasteiger partial charge in [0.05, 0.1) is 12.3 Å². The highest BCUT2D eigenvalue weighted by Crippen LogP contribution is 2.16. The van der Waals surface area contributed by atoms with Crippen LogP contribution in [0.4, 0.5) is 14.5 Å². The monoisotopic (exact) mass is 257 g/mol. The lowest BCUT2D eigenvalue weighted by molar-refractivity contribution is -0.150. The maximum absolute atomic E-state index is 13.3. The summed E-state index contributed by atoms with van der Waals surface area (Å²) in [4.78, 5) is 22.9. The van der Waals surface area contributed by atoms with Gasteiger partial charge in [0, 0.05) is 6.07 Å². The number of benzene rings is 1. The zero-order chi connectivity index (χ0) is 13.7. The van der Waals surface area contributed by atoms with Crippen LogP contribution < -0.4 is 5.32 Å². The predicted octanol–water partition coefficient (Wildman–Crippen LogP) is 2.10. The fourth-order valence-electron chi connectivity index (χ4n) is 1.21. The van der Waals surface area contributed by atoms with E-state index in [1.807, 2.05) is 0 Å². The Bertz CT molecular complexity index is 463. The SMILES string of the molecule is CCOC(=O)C(C)C(=O)Nc1ccc(F)cc1F. The number of anilines is 1. The number of ether oxygens (including phenoxy) is 1. The summed E-state index contributed by atoms with van der Waals surface area (Å²) >= 11 is 0. The van der Waals surface area contributed by atoms with E-state index in [2.05, 4.69) is 10.1 Å². The van der Waals surface area contributed by atoms with Gasteiger partial charge in [-0.2, -0.15) is 0 Å². The molecule has 18 heavy (non-hydrogen) atoms. The molecule has 0 aromatic heterocycles. The molecule has 0 saturated heterocycles. The second kappa shape index (κ2) is 6.09. The van der Waals surface area contributed by atoms with Crippen molar-refractivity contribution in [2.75, 3.05) is 11.9 Å². The molecule has 98 valence electrons. The summed E-state index contributed by atoms with van der Waals surface area (Å²) in [6.45, 7) is 3.11. The Balaban J connectivity index is 2.72.